The molecule has 0 aromatic heterocycles. The summed E-state index contributed by atoms with van der Waals surface area (Å²) in [5.41, 5.74) is 2.69. The van der Waals surface area contributed by atoms with Gasteiger partial charge in [-0.1, -0.05) is 114 Å². The number of phosphoric acid groups is 1. The van der Waals surface area contributed by atoms with Crippen molar-refractivity contribution in [3.8, 4) is 11.5 Å². The van der Waals surface area contributed by atoms with Gasteiger partial charge in [-0.3, -0.25) is 0 Å². The molecule has 0 aliphatic carbocycles. The average Bonchev–Trinajstić information content (AvgIpc) is 2.79. The van der Waals surface area contributed by atoms with Gasteiger partial charge in [0.25, 0.3) is 0 Å². The van der Waals surface area contributed by atoms with Gasteiger partial charge in [0.15, 0.2) is 0 Å². The molecule has 0 saturated carbocycles. The van der Waals surface area contributed by atoms with Crippen LogP contribution in [0, 0.1) is 0 Å². The first-order valence-corrected chi connectivity index (χ1v) is 14.5. The fourth-order valence-corrected chi connectivity index (χ4v) is 3.93. The van der Waals surface area contributed by atoms with Gasteiger partial charge in [0.2, 0.25) is 0 Å². The minimum Gasteiger partial charge on any atom is -0.457 e. The van der Waals surface area contributed by atoms with Crippen LogP contribution in [0.25, 0.3) is 0 Å². The van der Waals surface area contributed by atoms with Crippen molar-refractivity contribution in [1.29, 1.82) is 0 Å². The van der Waals surface area contributed by atoms with E-state index in [2.05, 4.69) is 62.4 Å². The van der Waals surface area contributed by atoms with Crippen LogP contribution >= 0.6 is 7.82 Å². The summed E-state index contributed by atoms with van der Waals surface area (Å²) in [5.74, 6) is 2.08. The minimum absolute atomic E-state index is 1.04. The van der Waals surface area contributed by atoms with Gasteiger partial charge in [0.1, 0.15) is 11.5 Å². The van der Waals surface area contributed by atoms with Crippen molar-refractivity contribution in [3.05, 3.63) is 59.7 Å². The Hall–Kier alpha value is -1.65. The molecular weight excluding hydrogens is 447 g/mol. The number of aryl methyl sites for hydroxylation is 2. The molecule has 0 atom stereocenters. The number of benzene rings is 2. The van der Waals surface area contributed by atoms with Gasteiger partial charge in [-0.15, -0.1) is 0 Å². The van der Waals surface area contributed by atoms with E-state index in [0.717, 1.165) is 24.3 Å². The molecule has 0 unspecified atom stereocenters. The molecule has 0 aliphatic rings. The summed E-state index contributed by atoms with van der Waals surface area (Å²) < 4.78 is 15.3. The number of unbranched alkanes of at least 4 members (excludes halogenated alkanes) is 10. The normalized spacial score (nSPS) is 11.1. The molecule has 0 bridgehead atoms. The Kier molecular flexibility index (Phi) is 16.7. The molecule has 2 rings (SSSR count). The quantitative estimate of drug-likeness (QED) is 0.162. The lowest BCUT2D eigenvalue weighted by Crippen LogP contribution is -1.96. The lowest BCUT2D eigenvalue weighted by molar-refractivity contribution is 0.275. The van der Waals surface area contributed by atoms with Crippen molar-refractivity contribution < 1.29 is 24.0 Å². The lowest BCUT2D eigenvalue weighted by atomic mass is 10.0. The summed E-state index contributed by atoms with van der Waals surface area (Å²) in [6, 6.07) is 17.2. The average molecular weight is 493 g/mol. The van der Waals surface area contributed by atoms with Crippen LogP contribution in [0.1, 0.15) is 102 Å². The number of ether oxygens (including phenoxy) is 1. The number of hydrogen-bond donors (Lipinski definition) is 3. The van der Waals surface area contributed by atoms with Gasteiger partial charge in [-0.25, -0.2) is 4.57 Å². The second kappa shape index (κ2) is 18.6. The van der Waals surface area contributed by atoms with E-state index in [9.17, 15) is 0 Å². The summed E-state index contributed by atoms with van der Waals surface area (Å²) in [6.45, 7) is 4.55. The topological polar surface area (TPSA) is 87.0 Å². The highest BCUT2D eigenvalue weighted by Gasteiger charge is 2.08. The van der Waals surface area contributed by atoms with E-state index in [0.29, 0.717) is 0 Å². The molecule has 6 heteroatoms. The number of hydrogen-bond acceptors (Lipinski definition) is 2. The SMILES string of the molecule is CCCCCCCCc1ccccc1Oc1ccccc1CCCCCCCC.O=P(O)(O)O. The molecule has 0 spiro atoms. The van der Waals surface area contributed by atoms with Crippen molar-refractivity contribution >= 4 is 7.82 Å². The first kappa shape index (κ1) is 30.4. The van der Waals surface area contributed by atoms with E-state index in [1.165, 1.54) is 88.2 Å². The Bertz CT molecular complexity index is 752. The van der Waals surface area contributed by atoms with Gasteiger partial charge < -0.3 is 19.4 Å². The highest BCUT2D eigenvalue weighted by Crippen LogP contribution is 2.30. The summed E-state index contributed by atoms with van der Waals surface area (Å²) in [4.78, 5) is 21.6. The Balaban J connectivity index is 0.00000104. The molecule has 0 radical (unpaired) electrons. The van der Waals surface area contributed by atoms with Crippen LogP contribution in [0.5, 0.6) is 11.5 Å². The molecule has 192 valence electrons. The van der Waals surface area contributed by atoms with E-state index in [1.54, 1.807) is 0 Å². The summed E-state index contributed by atoms with van der Waals surface area (Å²) in [5, 5.41) is 0. The number of para-hydroxylation sites is 2. The third-order valence-electron chi connectivity index (χ3n) is 5.76. The predicted molar refractivity (Wildman–Crippen MR) is 141 cm³/mol. The van der Waals surface area contributed by atoms with Gasteiger partial charge in [-0.2, -0.15) is 0 Å². The summed E-state index contributed by atoms with van der Waals surface area (Å²) >= 11 is 0. The molecule has 2 aromatic carbocycles. The largest absolute Gasteiger partial charge is 0.466 e. The molecular formula is C28H45O5P. The molecule has 0 amide bonds. The maximum absolute atomic E-state index is 8.88. The first-order valence-electron chi connectivity index (χ1n) is 13.0. The second-order valence-corrected chi connectivity index (χ2v) is 9.89. The van der Waals surface area contributed by atoms with Gasteiger partial charge in [0, 0.05) is 0 Å². The first-order chi connectivity index (χ1) is 16.3. The highest BCUT2D eigenvalue weighted by molar-refractivity contribution is 7.45. The van der Waals surface area contributed by atoms with Crippen LogP contribution in [0.4, 0.5) is 0 Å². The van der Waals surface area contributed by atoms with E-state index in [-0.39, 0.29) is 0 Å². The molecule has 0 aliphatic heterocycles. The molecule has 3 N–H and O–H groups in total. The Morgan fingerprint density at radius 1 is 0.588 bits per heavy atom. The molecule has 0 fully saturated rings. The molecule has 0 heterocycles. The molecule has 5 nitrogen and oxygen atoms in total. The van der Waals surface area contributed by atoms with Crippen LogP contribution in [-0.2, 0) is 17.4 Å². The Labute approximate surface area is 206 Å². The Morgan fingerprint density at radius 2 is 0.912 bits per heavy atom. The van der Waals surface area contributed by atoms with Crippen molar-refractivity contribution in [1.82, 2.24) is 0 Å². The second-order valence-electron chi connectivity index (χ2n) is 8.87. The van der Waals surface area contributed by atoms with Crippen LogP contribution in [0.3, 0.4) is 0 Å². The van der Waals surface area contributed by atoms with Crippen LogP contribution in [0.2, 0.25) is 0 Å². The van der Waals surface area contributed by atoms with Crippen molar-refractivity contribution in [2.45, 2.75) is 104 Å². The van der Waals surface area contributed by atoms with Gasteiger partial charge in [-0.05, 0) is 48.9 Å². The fourth-order valence-electron chi connectivity index (χ4n) is 3.93. The zero-order valence-electron chi connectivity index (χ0n) is 21.1. The number of rotatable bonds is 16. The third kappa shape index (κ3) is 16.1. The Morgan fingerprint density at radius 3 is 1.29 bits per heavy atom. The van der Waals surface area contributed by atoms with Crippen LogP contribution in [0.15, 0.2) is 48.5 Å². The summed E-state index contributed by atoms with van der Waals surface area (Å²) in [7, 11) is -4.64. The van der Waals surface area contributed by atoms with E-state index >= 15 is 0 Å². The minimum atomic E-state index is -4.64. The zero-order valence-corrected chi connectivity index (χ0v) is 22.0. The van der Waals surface area contributed by atoms with Crippen LogP contribution < -0.4 is 4.74 Å². The zero-order chi connectivity index (χ0) is 25.1. The molecule has 0 saturated heterocycles. The third-order valence-corrected chi connectivity index (χ3v) is 5.76. The molecule has 34 heavy (non-hydrogen) atoms. The highest BCUT2D eigenvalue weighted by atomic mass is 31.2. The monoisotopic (exact) mass is 492 g/mol. The lowest BCUT2D eigenvalue weighted by Gasteiger charge is -2.14. The van der Waals surface area contributed by atoms with Crippen LogP contribution in [-0.4, -0.2) is 14.7 Å². The maximum Gasteiger partial charge on any atom is 0.466 e. The van der Waals surface area contributed by atoms with E-state index < -0.39 is 7.82 Å². The van der Waals surface area contributed by atoms with E-state index in [1.807, 2.05) is 0 Å². The predicted octanol–water partition coefficient (Wildman–Crippen LogP) is 8.36. The maximum atomic E-state index is 8.88. The summed E-state index contributed by atoms with van der Waals surface area (Å²) in [6.07, 6.45) is 18.2. The standard InChI is InChI=1S/C28H42O.H3O4P/c1-3-5-7-9-11-13-19-25-21-15-17-23-27(25)29-28-24-18-16-22-26(28)20-14-12-10-8-6-4-2;1-5(2,3)4/h15-18,21-24H,3-14,19-20H2,1-2H3;(H3,1,2,3,4). The van der Waals surface area contributed by atoms with Crippen molar-refractivity contribution in [3.63, 3.8) is 0 Å². The van der Waals surface area contributed by atoms with Crippen molar-refractivity contribution in [2.24, 2.45) is 0 Å². The fraction of sp³-hybridized carbons (Fsp3) is 0.571. The van der Waals surface area contributed by atoms with E-state index in [4.69, 9.17) is 24.0 Å². The smallest absolute Gasteiger partial charge is 0.457 e. The van der Waals surface area contributed by atoms with Crippen molar-refractivity contribution in [2.75, 3.05) is 0 Å². The van der Waals surface area contributed by atoms with Gasteiger partial charge in [0.05, 0.1) is 0 Å². The van der Waals surface area contributed by atoms with Gasteiger partial charge >= 0.3 is 7.82 Å². The molecule has 2 aromatic rings.